The van der Waals surface area contributed by atoms with Gasteiger partial charge in [0.15, 0.2) is 0 Å². The van der Waals surface area contributed by atoms with Gasteiger partial charge in [-0.2, -0.15) is 0 Å². The second kappa shape index (κ2) is 7.68. The summed E-state index contributed by atoms with van der Waals surface area (Å²) in [5, 5.41) is 9.55. The molecule has 0 atom stereocenters. The molecule has 0 saturated heterocycles. The number of hydrogen-bond donors (Lipinski definition) is 2. The second-order valence-corrected chi connectivity index (χ2v) is 5.01. The van der Waals surface area contributed by atoms with Gasteiger partial charge in [-0.15, -0.1) is 0 Å². The van der Waals surface area contributed by atoms with Crippen molar-refractivity contribution in [3.63, 3.8) is 0 Å². The van der Waals surface area contributed by atoms with Gasteiger partial charge in [0.05, 0.1) is 0 Å². The van der Waals surface area contributed by atoms with Gasteiger partial charge in [0, 0.05) is 19.6 Å². The van der Waals surface area contributed by atoms with Crippen molar-refractivity contribution < 1.29 is 5.11 Å². The minimum Gasteiger partial charge on any atom is -0.508 e. The third-order valence-corrected chi connectivity index (χ3v) is 3.24. The lowest BCUT2D eigenvalue weighted by Crippen LogP contribution is -2.25. The number of benzene rings is 2. The molecule has 0 unspecified atom stereocenters. The van der Waals surface area contributed by atoms with E-state index >= 15 is 0 Å². The molecule has 0 amide bonds. The van der Waals surface area contributed by atoms with E-state index in [2.05, 4.69) is 29.2 Å². The van der Waals surface area contributed by atoms with Gasteiger partial charge in [-0.25, -0.2) is 0 Å². The van der Waals surface area contributed by atoms with Gasteiger partial charge in [-0.3, -0.25) is 4.90 Å². The molecule has 0 aliphatic carbocycles. The summed E-state index contributed by atoms with van der Waals surface area (Å²) in [6.07, 6.45) is 0.978. The molecule has 3 N–H and O–H groups in total. The fourth-order valence-electron chi connectivity index (χ4n) is 2.28. The molecule has 0 radical (unpaired) electrons. The van der Waals surface area contributed by atoms with Crippen LogP contribution in [-0.4, -0.2) is 23.1 Å². The summed E-state index contributed by atoms with van der Waals surface area (Å²) < 4.78 is 0. The first-order valence-corrected chi connectivity index (χ1v) is 7.02. The number of nitrogens with two attached hydrogens (primary N) is 1. The lowest BCUT2D eigenvalue weighted by Gasteiger charge is -2.22. The molecule has 0 spiro atoms. The number of aromatic hydroxyl groups is 1. The molecule has 0 fully saturated rings. The smallest absolute Gasteiger partial charge is 0.115 e. The Hall–Kier alpha value is -1.84. The number of rotatable bonds is 7. The molecular weight excluding hydrogens is 248 g/mol. The SMILES string of the molecule is NCCCN(Cc1ccccc1)Cc1cccc(O)c1. The second-order valence-electron chi connectivity index (χ2n) is 5.01. The molecule has 3 nitrogen and oxygen atoms in total. The molecule has 20 heavy (non-hydrogen) atoms. The highest BCUT2D eigenvalue weighted by Gasteiger charge is 2.07. The van der Waals surface area contributed by atoms with Gasteiger partial charge >= 0.3 is 0 Å². The Morgan fingerprint density at radius 1 is 0.900 bits per heavy atom. The van der Waals surface area contributed by atoms with Crippen LogP contribution in [0.3, 0.4) is 0 Å². The zero-order valence-corrected chi connectivity index (χ0v) is 11.7. The fourth-order valence-corrected chi connectivity index (χ4v) is 2.28. The maximum Gasteiger partial charge on any atom is 0.115 e. The average Bonchev–Trinajstić information content (AvgIpc) is 2.46. The minimum atomic E-state index is 0.320. The van der Waals surface area contributed by atoms with Crippen LogP contribution in [-0.2, 0) is 13.1 Å². The summed E-state index contributed by atoms with van der Waals surface area (Å²) in [6.45, 7) is 3.38. The topological polar surface area (TPSA) is 49.5 Å². The van der Waals surface area contributed by atoms with E-state index in [1.807, 2.05) is 24.3 Å². The lowest BCUT2D eigenvalue weighted by atomic mass is 10.1. The zero-order chi connectivity index (χ0) is 14.2. The molecule has 106 valence electrons. The quantitative estimate of drug-likeness (QED) is 0.813. The van der Waals surface area contributed by atoms with Crippen LogP contribution in [0.4, 0.5) is 0 Å². The Morgan fingerprint density at radius 3 is 2.30 bits per heavy atom. The third-order valence-electron chi connectivity index (χ3n) is 3.24. The van der Waals surface area contributed by atoms with E-state index in [9.17, 15) is 5.11 Å². The van der Waals surface area contributed by atoms with E-state index in [0.29, 0.717) is 12.3 Å². The monoisotopic (exact) mass is 270 g/mol. The van der Waals surface area contributed by atoms with Crippen molar-refractivity contribution in [2.75, 3.05) is 13.1 Å². The summed E-state index contributed by atoms with van der Waals surface area (Å²) >= 11 is 0. The van der Waals surface area contributed by atoms with E-state index in [1.165, 1.54) is 5.56 Å². The van der Waals surface area contributed by atoms with Gasteiger partial charge in [0.2, 0.25) is 0 Å². The zero-order valence-electron chi connectivity index (χ0n) is 11.7. The average molecular weight is 270 g/mol. The van der Waals surface area contributed by atoms with E-state index in [-0.39, 0.29) is 0 Å². The first-order chi connectivity index (χ1) is 9.78. The number of phenols is 1. The summed E-state index contributed by atoms with van der Waals surface area (Å²) in [5.74, 6) is 0.320. The fraction of sp³-hybridized carbons (Fsp3) is 0.294. The van der Waals surface area contributed by atoms with Crippen molar-refractivity contribution in [1.82, 2.24) is 4.90 Å². The normalized spacial score (nSPS) is 10.9. The van der Waals surface area contributed by atoms with Crippen LogP contribution in [0, 0.1) is 0 Å². The number of phenolic OH excluding ortho intramolecular Hbond substituents is 1. The van der Waals surface area contributed by atoms with Crippen molar-refractivity contribution in [3.8, 4) is 5.75 Å². The Balaban J connectivity index is 2.03. The maximum atomic E-state index is 9.55. The molecule has 0 aliphatic rings. The molecule has 0 aliphatic heterocycles. The minimum absolute atomic E-state index is 0.320. The molecule has 2 rings (SSSR count). The van der Waals surface area contributed by atoms with Crippen LogP contribution >= 0.6 is 0 Å². The Kier molecular flexibility index (Phi) is 5.59. The Bertz CT molecular complexity index is 513. The first kappa shape index (κ1) is 14.6. The molecule has 2 aromatic carbocycles. The maximum absolute atomic E-state index is 9.55. The predicted octanol–water partition coefficient (Wildman–Crippen LogP) is 2.74. The standard InChI is InChI=1S/C17H22N2O/c18-10-5-11-19(13-15-6-2-1-3-7-15)14-16-8-4-9-17(20)12-16/h1-4,6-9,12,20H,5,10-11,13-14,18H2. The van der Waals surface area contributed by atoms with Crippen LogP contribution in [0.25, 0.3) is 0 Å². The van der Waals surface area contributed by atoms with Gasteiger partial charge < -0.3 is 10.8 Å². The van der Waals surface area contributed by atoms with Crippen molar-refractivity contribution in [2.45, 2.75) is 19.5 Å². The van der Waals surface area contributed by atoms with Crippen LogP contribution in [0.1, 0.15) is 17.5 Å². The van der Waals surface area contributed by atoms with E-state index in [0.717, 1.165) is 31.6 Å². The van der Waals surface area contributed by atoms with Crippen molar-refractivity contribution in [2.24, 2.45) is 5.73 Å². The molecule has 3 heteroatoms. The third kappa shape index (κ3) is 4.68. The van der Waals surface area contributed by atoms with Gasteiger partial charge in [-0.05, 0) is 36.2 Å². The summed E-state index contributed by atoms with van der Waals surface area (Å²) in [6, 6.07) is 17.9. The Morgan fingerprint density at radius 2 is 1.60 bits per heavy atom. The highest BCUT2D eigenvalue weighted by molar-refractivity contribution is 5.27. The molecule has 0 aromatic heterocycles. The van der Waals surface area contributed by atoms with Gasteiger partial charge in [0.1, 0.15) is 5.75 Å². The van der Waals surface area contributed by atoms with Gasteiger partial charge in [0.25, 0.3) is 0 Å². The highest BCUT2D eigenvalue weighted by Crippen LogP contribution is 2.15. The predicted molar refractivity (Wildman–Crippen MR) is 82.3 cm³/mol. The molecule has 0 heterocycles. The summed E-state index contributed by atoms with van der Waals surface area (Å²) in [4.78, 5) is 2.36. The molecule has 0 saturated carbocycles. The van der Waals surface area contributed by atoms with Crippen LogP contribution in [0.15, 0.2) is 54.6 Å². The number of nitrogens with zero attached hydrogens (tertiary/aromatic N) is 1. The van der Waals surface area contributed by atoms with Gasteiger partial charge in [-0.1, -0.05) is 42.5 Å². The van der Waals surface area contributed by atoms with Crippen LogP contribution in [0.2, 0.25) is 0 Å². The van der Waals surface area contributed by atoms with E-state index in [4.69, 9.17) is 5.73 Å². The van der Waals surface area contributed by atoms with Crippen molar-refractivity contribution in [3.05, 3.63) is 65.7 Å². The number of hydrogen-bond acceptors (Lipinski definition) is 3. The Labute approximate surface area is 120 Å². The first-order valence-electron chi connectivity index (χ1n) is 7.02. The highest BCUT2D eigenvalue weighted by atomic mass is 16.3. The molecular formula is C17H22N2O. The largest absolute Gasteiger partial charge is 0.508 e. The van der Waals surface area contributed by atoms with Crippen LogP contribution < -0.4 is 5.73 Å². The molecule has 2 aromatic rings. The van der Waals surface area contributed by atoms with E-state index < -0.39 is 0 Å². The summed E-state index contributed by atoms with van der Waals surface area (Å²) in [7, 11) is 0. The van der Waals surface area contributed by atoms with Crippen molar-refractivity contribution >= 4 is 0 Å². The lowest BCUT2D eigenvalue weighted by molar-refractivity contribution is 0.254. The van der Waals surface area contributed by atoms with Crippen molar-refractivity contribution in [1.29, 1.82) is 0 Å². The molecule has 0 bridgehead atoms. The van der Waals surface area contributed by atoms with E-state index in [1.54, 1.807) is 6.07 Å². The summed E-state index contributed by atoms with van der Waals surface area (Å²) in [5.41, 5.74) is 8.04. The van der Waals surface area contributed by atoms with Crippen LogP contribution in [0.5, 0.6) is 5.75 Å².